The minimum Gasteiger partial charge on any atom is -0.480 e. The van der Waals surface area contributed by atoms with Gasteiger partial charge in [0, 0.05) is 20.5 Å². The molecule has 0 aliphatic heterocycles. The molecule has 0 aliphatic rings. The van der Waals surface area contributed by atoms with Gasteiger partial charge in [0.25, 0.3) is 5.56 Å². The van der Waals surface area contributed by atoms with Gasteiger partial charge >= 0.3 is 11.7 Å². The van der Waals surface area contributed by atoms with Crippen LogP contribution in [0.4, 0.5) is 0 Å². The fourth-order valence-electron chi connectivity index (χ4n) is 2.22. The number of nitrogens with zero attached hydrogens (tertiary/aromatic N) is 4. The van der Waals surface area contributed by atoms with Crippen LogP contribution >= 0.6 is 11.8 Å². The summed E-state index contributed by atoms with van der Waals surface area (Å²) in [6, 6.07) is 0. The number of fused-ring (bicyclic) bond motifs is 1. The Morgan fingerprint density at radius 1 is 1.25 bits per heavy atom. The second-order valence-electron chi connectivity index (χ2n) is 5.55. The number of aryl methyl sites for hydroxylation is 2. The first-order valence-electron chi connectivity index (χ1n) is 7.64. The molecule has 2 aromatic heterocycles. The molecular weight excluding hydrogens is 332 g/mol. The maximum Gasteiger partial charge on any atom is 0.332 e. The van der Waals surface area contributed by atoms with Crippen LogP contribution in [0.3, 0.4) is 0 Å². The van der Waals surface area contributed by atoms with Gasteiger partial charge in [-0.05, 0) is 13.3 Å². The number of unbranched alkanes of at least 4 members (excludes halogenated alkanes) is 1. The predicted octanol–water partition coefficient (Wildman–Crippen LogP) is 0.935. The first kappa shape index (κ1) is 18.2. The van der Waals surface area contributed by atoms with Crippen LogP contribution in [-0.4, -0.2) is 35.4 Å². The Kier molecular flexibility index (Phi) is 5.43. The predicted molar refractivity (Wildman–Crippen MR) is 91.6 cm³/mol. The van der Waals surface area contributed by atoms with E-state index in [4.69, 9.17) is 5.11 Å². The summed E-state index contributed by atoms with van der Waals surface area (Å²) in [7, 11) is 2.92. The van der Waals surface area contributed by atoms with E-state index in [1.807, 2.05) is 6.92 Å². The third-order valence-electron chi connectivity index (χ3n) is 3.70. The zero-order valence-corrected chi connectivity index (χ0v) is 14.9. The largest absolute Gasteiger partial charge is 0.480 e. The Morgan fingerprint density at radius 2 is 1.92 bits per heavy atom. The summed E-state index contributed by atoms with van der Waals surface area (Å²) in [5.41, 5.74) is -0.755. The number of thioether (sulfide) groups is 1. The van der Waals surface area contributed by atoms with Crippen LogP contribution in [0, 0.1) is 0 Å². The summed E-state index contributed by atoms with van der Waals surface area (Å²) >= 11 is 0.987. The van der Waals surface area contributed by atoms with Gasteiger partial charge in [0.2, 0.25) is 0 Å². The van der Waals surface area contributed by atoms with E-state index < -0.39 is 22.5 Å². The van der Waals surface area contributed by atoms with Crippen molar-refractivity contribution in [3.63, 3.8) is 0 Å². The molecule has 0 unspecified atom stereocenters. The summed E-state index contributed by atoms with van der Waals surface area (Å²) in [6.45, 7) is 3.56. The van der Waals surface area contributed by atoms with E-state index in [0.29, 0.717) is 17.3 Å². The van der Waals surface area contributed by atoms with E-state index in [1.54, 1.807) is 0 Å². The third kappa shape index (κ3) is 3.35. The minimum absolute atomic E-state index is 0.179. The fourth-order valence-corrected chi connectivity index (χ4v) is 3.11. The quantitative estimate of drug-likeness (QED) is 0.609. The van der Waals surface area contributed by atoms with Crippen LogP contribution in [0.15, 0.2) is 14.6 Å². The molecular formula is C15H20N4O4S. The van der Waals surface area contributed by atoms with Gasteiger partial charge in [-0.3, -0.25) is 18.7 Å². The van der Waals surface area contributed by atoms with Crippen LogP contribution < -0.4 is 11.2 Å². The molecule has 2 heterocycles. The minimum atomic E-state index is -0.997. The average Bonchev–Trinajstić information content (AvgIpc) is 2.55. The number of carboxylic acids is 1. The topological polar surface area (TPSA) is 107 Å². The Hall–Kier alpha value is -2.16. The number of aromatic nitrogens is 4. The molecule has 0 bridgehead atoms. The lowest BCUT2D eigenvalue weighted by Crippen LogP contribution is -2.38. The molecule has 9 heteroatoms. The van der Waals surface area contributed by atoms with Crippen molar-refractivity contribution in [1.82, 2.24) is 19.1 Å². The van der Waals surface area contributed by atoms with Gasteiger partial charge in [-0.25, -0.2) is 14.8 Å². The summed E-state index contributed by atoms with van der Waals surface area (Å²) in [5.74, 6) is -0.490. The molecule has 0 saturated carbocycles. The third-order valence-corrected chi connectivity index (χ3v) is 4.78. The molecule has 2 rings (SSSR count). The summed E-state index contributed by atoms with van der Waals surface area (Å²) in [6.07, 6.45) is 2.42. The molecule has 1 atom stereocenters. The molecule has 1 N–H and O–H groups in total. The SMILES string of the molecule is CCCCc1nc(S[C@@H](C)C(=O)O)c2c(=O)n(C)c(=O)n(C)c2n1. The molecule has 0 aliphatic carbocycles. The van der Waals surface area contributed by atoms with Crippen molar-refractivity contribution in [2.24, 2.45) is 14.1 Å². The molecule has 0 amide bonds. The van der Waals surface area contributed by atoms with E-state index >= 15 is 0 Å². The molecule has 0 spiro atoms. The van der Waals surface area contributed by atoms with Gasteiger partial charge < -0.3 is 5.11 Å². The molecule has 0 fully saturated rings. The average molecular weight is 352 g/mol. The zero-order valence-electron chi connectivity index (χ0n) is 14.1. The van der Waals surface area contributed by atoms with Crippen molar-refractivity contribution in [3.05, 3.63) is 26.7 Å². The van der Waals surface area contributed by atoms with Crippen molar-refractivity contribution in [2.45, 2.75) is 43.4 Å². The van der Waals surface area contributed by atoms with Crippen LogP contribution in [0.5, 0.6) is 0 Å². The molecule has 24 heavy (non-hydrogen) atoms. The van der Waals surface area contributed by atoms with Crippen molar-refractivity contribution < 1.29 is 9.90 Å². The van der Waals surface area contributed by atoms with E-state index in [0.717, 1.165) is 29.2 Å². The van der Waals surface area contributed by atoms with E-state index in [-0.39, 0.29) is 11.0 Å². The number of carboxylic acid groups (broad SMARTS) is 1. The highest BCUT2D eigenvalue weighted by Gasteiger charge is 2.21. The highest BCUT2D eigenvalue weighted by molar-refractivity contribution is 8.00. The number of hydrogen-bond acceptors (Lipinski definition) is 6. The smallest absolute Gasteiger partial charge is 0.332 e. The molecule has 0 aromatic carbocycles. The number of carbonyl (C=O) groups is 1. The Bertz CT molecular complexity index is 903. The highest BCUT2D eigenvalue weighted by atomic mass is 32.2. The van der Waals surface area contributed by atoms with Crippen LogP contribution in [-0.2, 0) is 25.3 Å². The molecule has 130 valence electrons. The maximum absolute atomic E-state index is 12.5. The maximum atomic E-state index is 12.5. The van der Waals surface area contributed by atoms with E-state index in [9.17, 15) is 14.4 Å². The van der Waals surface area contributed by atoms with Crippen molar-refractivity contribution >= 4 is 28.8 Å². The van der Waals surface area contributed by atoms with Crippen molar-refractivity contribution in [3.8, 4) is 0 Å². The Balaban J connectivity index is 2.78. The standard InChI is InChI=1S/C15H20N4O4S/c1-5-6-7-9-16-11-10(12(17-9)24-8(2)14(21)22)13(20)19(4)15(23)18(11)3/h8H,5-7H2,1-4H3,(H,21,22)/t8-/m0/s1. The highest BCUT2D eigenvalue weighted by Crippen LogP contribution is 2.26. The molecule has 2 aromatic rings. The van der Waals surface area contributed by atoms with Crippen LogP contribution in [0.2, 0.25) is 0 Å². The Labute approximate surface area is 142 Å². The van der Waals surface area contributed by atoms with E-state index in [2.05, 4.69) is 9.97 Å². The van der Waals surface area contributed by atoms with Crippen molar-refractivity contribution in [1.29, 1.82) is 0 Å². The van der Waals surface area contributed by atoms with Gasteiger partial charge in [0.05, 0.1) is 0 Å². The molecule has 0 saturated heterocycles. The normalized spacial score (nSPS) is 12.5. The summed E-state index contributed by atoms with van der Waals surface area (Å²) < 4.78 is 2.27. The molecule has 8 nitrogen and oxygen atoms in total. The Morgan fingerprint density at radius 3 is 2.50 bits per heavy atom. The van der Waals surface area contributed by atoms with Crippen LogP contribution in [0.1, 0.15) is 32.5 Å². The number of hydrogen-bond donors (Lipinski definition) is 1. The van der Waals surface area contributed by atoms with Gasteiger partial charge in [0.1, 0.15) is 21.5 Å². The monoisotopic (exact) mass is 352 g/mol. The first-order valence-corrected chi connectivity index (χ1v) is 8.52. The van der Waals surface area contributed by atoms with Crippen LogP contribution in [0.25, 0.3) is 11.0 Å². The lowest BCUT2D eigenvalue weighted by atomic mass is 10.2. The first-order chi connectivity index (χ1) is 11.3. The zero-order chi connectivity index (χ0) is 18.0. The second-order valence-corrected chi connectivity index (χ2v) is 6.88. The van der Waals surface area contributed by atoms with Gasteiger partial charge in [-0.15, -0.1) is 0 Å². The van der Waals surface area contributed by atoms with E-state index in [1.165, 1.54) is 25.6 Å². The van der Waals surface area contributed by atoms with Gasteiger partial charge in [-0.2, -0.15) is 0 Å². The summed E-state index contributed by atoms with van der Waals surface area (Å²) in [4.78, 5) is 44.6. The van der Waals surface area contributed by atoms with Gasteiger partial charge in [0.15, 0.2) is 5.65 Å². The lowest BCUT2D eigenvalue weighted by molar-refractivity contribution is -0.136. The summed E-state index contributed by atoms with van der Waals surface area (Å²) in [5, 5.41) is 8.85. The van der Waals surface area contributed by atoms with Crippen molar-refractivity contribution in [2.75, 3.05) is 0 Å². The fraction of sp³-hybridized carbons (Fsp3) is 0.533. The second kappa shape index (κ2) is 7.16. The number of aliphatic carboxylic acids is 1. The number of rotatable bonds is 6. The van der Waals surface area contributed by atoms with Gasteiger partial charge in [-0.1, -0.05) is 25.1 Å². The molecule has 0 radical (unpaired) electrons. The lowest BCUT2D eigenvalue weighted by Gasteiger charge is -2.13.